The van der Waals surface area contributed by atoms with Crippen LogP contribution in [0.25, 0.3) is 0 Å². The number of nitrogens with zero attached hydrogens (tertiary/aromatic N) is 1. The van der Waals surface area contributed by atoms with Crippen molar-refractivity contribution in [2.75, 3.05) is 13.6 Å². The highest BCUT2D eigenvalue weighted by Crippen LogP contribution is 2.35. The average Bonchev–Trinajstić information content (AvgIpc) is 3.09. The summed E-state index contributed by atoms with van der Waals surface area (Å²) in [6.07, 6.45) is 2.72. The molecule has 3 heteroatoms. The zero-order valence-electron chi connectivity index (χ0n) is 11.6. The predicted octanol–water partition coefficient (Wildman–Crippen LogP) is 2.89. The third kappa shape index (κ3) is 3.47. The maximum atomic E-state index is 5.90. The maximum Gasteiger partial charge on any atom is 0.0247 e. The highest BCUT2D eigenvalue weighted by atomic mass is 35.5. The lowest BCUT2D eigenvalue weighted by molar-refractivity contribution is 0.215. The van der Waals surface area contributed by atoms with E-state index in [1.54, 1.807) is 0 Å². The van der Waals surface area contributed by atoms with Gasteiger partial charge in [-0.15, -0.1) is 12.4 Å². The summed E-state index contributed by atoms with van der Waals surface area (Å²) in [5.41, 5.74) is 10.2. The molecule has 0 radical (unpaired) electrons. The number of hydrogen-bond acceptors (Lipinski definition) is 2. The van der Waals surface area contributed by atoms with Crippen molar-refractivity contribution in [3.05, 3.63) is 34.9 Å². The Morgan fingerprint density at radius 3 is 2.28 bits per heavy atom. The second-order valence-electron chi connectivity index (χ2n) is 5.43. The standard InChI is InChI=1S/C15H24N2.ClH/c1-11-5-4-6-12(2)14(11)10-17(3)15(9-16)13-7-8-13;/h4-6,13,15H,7-10,16H2,1-3H3;1H. The summed E-state index contributed by atoms with van der Waals surface area (Å²) in [4.78, 5) is 2.44. The molecule has 102 valence electrons. The fourth-order valence-corrected chi connectivity index (χ4v) is 2.68. The summed E-state index contributed by atoms with van der Waals surface area (Å²) in [7, 11) is 2.21. The molecule has 1 aliphatic carbocycles. The Labute approximate surface area is 117 Å². The Bertz CT molecular complexity index is 368. The molecule has 18 heavy (non-hydrogen) atoms. The number of rotatable bonds is 5. The first-order valence-corrected chi connectivity index (χ1v) is 6.59. The minimum Gasteiger partial charge on any atom is -0.329 e. The van der Waals surface area contributed by atoms with E-state index in [2.05, 4.69) is 44.0 Å². The van der Waals surface area contributed by atoms with Crippen LogP contribution in [-0.2, 0) is 6.54 Å². The van der Waals surface area contributed by atoms with E-state index in [9.17, 15) is 0 Å². The summed E-state index contributed by atoms with van der Waals surface area (Å²) in [5.74, 6) is 0.842. The fourth-order valence-electron chi connectivity index (χ4n) is 2.68. The molecule has 0 heterocycles. The first kappa shape index (κ1) is 15.5. The molecule has 1 aliphatic rings. The van der Waals surface area contributed by atoms with Gasteiger partial charge in [0.25, 0.3) is 0 Å². The third-order valence-electron chi connectivity index (χ3n) is 4.03. The Morgan fingerprint density at radius 1 is 1.28 bits per heavy atom. The van der Waals surface area contributed by atoms with Crippen LogP contribution in [-0.4, -0.2) is 24.5 Å². The van der Waals surface area contributed by atoms with Crippen molar-refractivity contribution < 1.29 is 0 Å². The first-order chi connectivity index (χ1) is 8.13. The molecule has 0 spiro atoms. The Kier molecular flexibility index (Phi) is 5.64. The molecule has 0 aromatic heterocycles. The number of halogens is 1. The topological polar surface area (TPSA) is 29.3 Å². The van der Waals surface area contributed by atoms with Crippen LogP contribution in [0, 0.1) is 19.8 Å². The molecule has 2 nitrogen and oxygen atoms in total. The molecule has 0 bridgehead atoms. The van der Waals surface area contributed by atoms with Crippen molar-refractivity contribution >= 4 is 12.4 Å². The van der Waals surface area contributed by atoms with Crippen LogP contribution in [0.3, 0.4) is 0 Å². The summed E-state index contributed by atoms with van der Waals surface area (Å²) >= 11 is 0. The molecule has 0 amide bonds. The van der Waals surface area contributed by atoms with Crippen LogP contribution >= 0.6 is 12.4 Å². The molecule has 0 aliphatic heterocycles. The third-order valence-corrected chi connectivity index (χ3v) is 4.03. The lowest BCUT2D eigenvalue weighted by atomic mass is 10.0. The zero-order valence-corrected chi connectivity index (χ0v) is 12.5. The summed E-state index contributed by atoms with van der Waals surface area (Å²) < 4.78 is 0. The van der Waals surface area contributed by atoms with E-state index in [0.29, 0.717) is 6.04 Å². The van der Waals surface area contributed by atoms with Crippen molar-refractivity contribution in [1.82, 2.24) is 4.90 Å². The lowest BCUT2D eigenvalue weighted by Crippen LogP contribution is -2.39. The molecular formula is C15H25ClN2. The van der Waals surface area contributed by atoms with E-state index >= 15 is 0 Å². The van der Waals surface area contributed by atoms with Gasteiger partial charge in [-0.1, -0.05) is 18.2 Å². The lowest BCUT2D eigenvalue weighted by Gasteiger charge is -2.28. The van der Waals surface area contributed by atoms with Crippen molar-refractivity contribution in [2.24, 2.45) is 11.7 Å². The molecule has 1 aromatic carbocycles. The van der Waals surface area contributed by atoms with Gasteiger partial charge in [-0.05, 0) is 56.3 Å². The molecule has 2 N–H and O–H groups in total. The summed E-state index contributed by atoms with van der Waals surface area (Å²) in [6.45, 7) is 6.21. The van der Waals surface area contributed by atoms with Gasteiger partial charge in [0.1, 0.15) is 0 Å². The zero-order chi connectivity index (χ0) is 12.4. The second kappa shape index (κ2) is 6.55. The van der Waals surface area contributed by atoms with Crippen molar-refractivity contribution in [1.29, 1.82) is 0 Å². The number of benzene rings is 1. The van der Waals surface area contributed by atoms with Crippen LogP contribution in [0.4, 0.5) is 0 Å². The van der Waals surface area contributed by atoms with E-state index in [4.69, 9.17) is 5.73 Å². The number of aryl methyl sites for hydroxylation is 2. The molecule has 1 aromatic rings. The largest absolute Gasteiger partial charge is 0.329 e. The fraction of sp³-hybridized carbons (Fsp3) is 0.600. The van der Waals surface area contributed by atoms with Crippen molar-refractivity contribution in [3.8, 4) is 0 Å². The Hall–Kier alpha value is -0.570. The minimum atomic E-state index is 0. The maximum absolute atomic E-state index is 5.90. The molecule has 1 saturated carbocycles. The normalized spacial score (nSPS) is 16.5. The molecule has 2 rings (SSSR count). The number of likely N-dealkylation sites (N-methyl/N-ethyl adjacent to an activating group) is 1. The summed E-state index contributed by atoms with van der Waals surface area (Å²) in [6, 6.07) is 7.10. The van der Waals surface area contributed by atoms with Crippen molar-refractivity contribution in [3.63, 3.8) is 0 Å². The monoisotopic (exact) mass is 268 g/mol. The van der Waals surface area contributed by atoms with E-state index in [1.807, 2.05) is 0 Å². The number of hydrogen-bond donors (Lipinski definition) is 1. The van der Waals surface area contributed by atoms with Gasteiger partial charge < -0.3 is 5.73 Å². The number of nitrogens with two attached hydrogens (primary N) is 1. The van der Waals surface area contributed by atoms with Gasteiger partial charge in [-0.2, -0.15) is 0 Å². The molecule has 1 unspecified atom stereocenters. The van der Waals surface area contributed by atoms with Crippen molar-refractivity contribution in [2.45, 2.75) is 39.3 Å². The molecular weight excluding hydrogens is 244 g/mol. The second-order valence-corrected chi connectivity index (χ2v) is 5.43. The smallest absolute Gasteiger partial charge is 0.0247 e. The van der Waals surface area contributed by atoms with Crippen LogP contribution in [0.2, 0.25) is 0 Å². The SMILES string of the molecule is Cc1cccc(C)c1CN(C)C(CN)C1CC1.Cl. The van der Waals surface area contributed by atoms with E-state index in [0.717, 1.165) is 19.0 Å². The minimum absolute atomic E-state index is 0. The van der Waals surface area contributed by atoms with E-state index in [1.165, 1.54) is 29.5 Å². The van der Waals surface area contributed by atoms with Gasteiger partial charge in [0, 0.05) is 19.1 Å². The van der Waals surface area contributed by atoms with E-state index < -0.39 is 0 Å². The van der Waals surface area contributed by atoms with Crippen LogP contribution in [0.15, 0.2) is 18.2 Å². The average molecular weight is 269 g/mol. The predicted molar refractivity (Wildman–Crippen MR) is 80.2 cm³/mol. The van der Waals surface area contributed by atoms with Gasteiger partial charge in [0.2, 0.25) is 0 Å². The van der Waals surface area contributed by atoms with Crippen LogP contribution in [0.1, 0.15) is 29.5 Å². The molecule has 1 fully saturated rings. The first-order valence-electron chi connectivity index (χ1n) is 6.59. The van der Waals surface area contributed by atoms with Gasteiger partial charge in [-0.25, -0.2) is 0 Å². The quantitative estimate of drug-likeness (QED) is 0.890. The van der Waals surface area contributed by atoms with Crippen LogP contribution in [0.5, 0.6) is 0 Å². The Balaban J connectivity index is 0.00000162. The summed E-state index contributed by atoms with van der Waals surface area (Å²) in [5, 5.41) is 0. The highest BCUT2D eigenvalue weighted by Gasteiger charge is 2.32. The van der Waals surface area contributed by atoms with Gasteiger partial charge in [0.15, 0.2) is 0 Å². The van der Waals surface area contributed by atoms with Gasteiger partial charge >= 0.3 is 0 Å². The van der Waals surface area contributed by atoms with Crippen LogP contribution < -0.4 is 5.73 Å². The molecule has 0 saturated heterocycles. The highest BCUT2D eigenvalue weighted by molar-refractivity contribution is 5.85. The van der Waals surface area contributed by atoms with E-state index in [-0.39, 0.29) is 12.4 Å². The van der Waals surface area contributed by atoms with Gasteiger partial charge in [-0.3, -0.25) is 4.90 Å². The molecule has 1 atom stereocenters. The Morgan fingerprint density at radius 2 is 1.83 bits per heavy atom. The van der Waals surface area contributed by atoms with Gasteiger partial charge in [0.05, 0.1) is 0 Å².